The maximum absolute atomic E-state index is 12.5. The van der Waals surface area contributed by atoms with Crippen LogP contribution < -0.4 is 10.1 Å². The molecule has 162 valence electrons. The van der Waals surface area contributed by atoms with Gasteiger partial charge in [-0.25, -0.2) is 0 Å². The Morgan fingerprint density at radius 1 is 1.06 bits per heavy atom. The van der Waals surface area contributed by atoms with E-state index in [1.165, 1.54) is 6.08 Å². The highest BCUT2D eigenvalue weighted by atomic mass is 79.9. The molecule has 3 aromatic rings. The number of hydrogen-bond donors (Lipinski definition) is 1. The quantitative estimate of drug-likeness (QED) is 0.251. The number of halogens is 4. The lowest BCUT2D eigenvalue weighted by atomic mass is 10.1. The molecule has 1 amide bonds. The molecule has 0 fully saturated rings. The minimum atomic E-state index is -0.525. The molecule has 0 atom stereocenters. The second-order valence-electron chi connectivity index (χ2n) is 6.81. The molecule has 0 heterocycles. The minimum Gasteiger partial charge on any atom is -0.488 e. The lowest BCUT2D eigenvalue weighted by Gasteiger charge is -2.10. The second kappa shape index (κ2) is 10.9. The Labute approximate surface area is 209 Å². The van der Waals surface area contributed by atoms with Crippen LogP contribution in [0, 0.1) is 18.3 Å². The fourth-order valence-corrected chi connectivity index (χ4v) is 3.71. The summed E-state index contributed by atoms with van der Waals surface area (Å²) in [6, 6.07) is 17.6. The van der Waals surface area contributed by atoms with Crippen LogP contribution in [0.3, 0.4) is 0 Å². The highest BCUT2D eigenvalue weighted by Gasteiger charge is 2.11. The van der Waals surface area contributed by atoms with Gasteiger partial charge in [0, 0.05) is 10.7 Å². The van der Waals surface area contributed by atoms with Crippen LogP contribution in [0.25, 0.3) is 6.08 Å². The van der Waals surface area contributed by atoms with Crippen LogP contribution in [-0.2, 0) is 11.4 Å². The minimum absolute atomic E-state index is 0.0435. The van der Waals surface area contributed by atoms with Crippen molar-refractivity contribution in [3.8, 4) is 11.8 Å². The van der Waals surface area contributed by atoms with Gasteiger partial charge >= 0.3 is 0 Å². The largest absolute Gasteiger partial charge is 0.488 e. The standard InChI is InChI=1S/C24H16BrCl3N2O2/c1-14-2-5-18(11-21(14)27)30-24(31)17(12-29)8-15-4-7-23(19(25)9-15)32-13-16-3-6-20(26)22(28)10-16/h2-11H,13H2,1H3,(H,30,31)/b17-8-. The monoisotopic (exact) mass is 548 g/mol. The number of aryl methyl sites for hydroxylation is 1. The number of benzene rings is 3. The highest BCUT2D eigenvalue weighted by Crippen LogP contribution is 2.29. The molecule has 1 N–H and O–H groups in total. The number of carbonyl (C=O) groups excluding carboxylic acids is 1. The zero-order valence-electron chi connectivity index (χ0n) is 16.8. The van der Waals surface area contributed by atoms with Crippen molar-refractivity contribution in [1.29, 1.82) is 5.26 Å². The third-order valence-corrected chi connectivity index (χ3v) is 6.21. The second-order valence-corrected chi connectivity index (χ2v) is 8.89. The summed E-state index contributed by atoms with van der Waals surface area (Å²) in [4.78, 5) is 12.5. The molecule has 3 rings (SSSR count). The maximum Gasteiger partial charge on any atom is 0.266 e. The van der Waals surface area contributed by atoms with Gasteiger partial charge in [-0.05, 0) is 82.0 Å². The number of nitrogens with one attached hydrogen (secondary N) is 1. The SMILES string of the molecule is Cc1ccc(NC(=O)/C(C#N)=C\c2ccc(OCc3ccc(Cl)c(Cl)c3)c(Br)c2)cc1Cl. The Morgan fingerprint density at radius 2 is 1.84 bits per heavy atom. The van der Waals surface area contributed by atoms with Crippen molar-refractivity contribution in [2.75, 3.05) is 5.32 Å². The van der Waals surface area contributed by atoms with E-state index in [9.17, 15) is 10.1 Å². The number of carbonyl (C=O) groups is 1. The number of nitrogens with zero attached hydrogens (tertiary/aromatic N) is 1. The molecule has 0 unspecified atom stereocenters. The first-order valence-electron chi connectivity index (χ1n) is 9.32. The van der Waals surface area contributed by atoms with Crippen LogP contribution in [0.5, 0.6) is 5.75 Å². The van der Waals surface area contributed by atoms with Crippen molar-refractivity contribution < 1.29 is 9.53 Å². The van der Waals surface area contributed by atoms with Crippen molar-refractivity contribution in [1.82, 2.24) is 0 Å². The molecule has 0 radical (unpaired) electrons. The smallest absolute Gasteiger partial charge is 0.266 e. The number of hydrogen-bond acceptors (Lipinski definition) is 3. The predicted octanol–water partition coefficient (Wildman–Crippen LogP) is 7.84. The first kappa shape index (κ1) is 24.2. The molecular weight excluding hydrogens is 535 g/mol. The van der Waals surface area contributed by atoms with Crippen molar-refractivity contribution in [2.45, 2.75) is 13.5 Å². The Hall–Kier alpha value is -2.49. The van der Waals surface area contributed by atoms with Gasteiger partial charge in [-0.3, -0.25) is 4.79 Å². The van der Waals surface area contributed by atoms with E-state index in [1.54, 1.807) is 48.5 Å². The normalized spacial score (nSPS) is 11.1. The summed E-state index contributed by atoms with van der Waals surface area (Å²) in [7, 11) is 0. The van der Waals surface area contributed by atoms with E-state index in [0.717, 1.165) is 11.1 Å². The molecule has 8 heteroatoms. The molecule has 4 nitrogen and oxygen atoms in total. The summed E-state index contributed by atoms with van der Waals surface area (Å²) >= 11 is 21.5. The summed E-state index contributed by atoms with van der Waals surface area (Å²) < 4.78 is 6.50. The van der Waals surface area contributed by atoms with Gasteiger partial charge in [-0.15, -0.1) is 0 Å². The molecule has 0 aliphatic carbocycles. The van der Waals surface area contributed by atoms with Gasteiger partial charge in [-0.1, -0.05) is 53.0 Å². The summed E-state index contributed by atoms with van der Waals surface area (Å²) in [6.45, 7) is 2.17. The Balaban J connectivity index is 1.71. The van der Waals surface area contributed by atoms with Gasteiger partial charge in [0.2, 0.25) is 0 Å². The lowest BCUT2D eigenvalue weighted by Crippen LogP contribution is -2.13. The Kier molecular flexibility index (Phi) is 8.22. The summed E-state index contributed by atoms with van der Waals surface area (Å²) in [5.41, 5.74) is 2.89. The van der Waals surface area contributed by atoms with Crippen molar-refractivity contribution in [2.24, 2.45) is 0 Å². The molecule has 0 saturated carbocycles. The zero-order valence-corrected chi connectivity index (χ0v) is 20.6. The van der Waals surface area contributed by atoms with Gasteiger partial charge in [0.1, 0.15) is 24.0 Å². The van der Waals surface area contributed by atoms with Crippen LogP contribution in [0.1, 0.15) is 16.7 Å². The molecule has 0 aromatic heterocycles. The Bertz CT molecular complexity index is 1250. The summed E-state index contributed by atoms with van der Waals surface area (Å²) in [5.74, 6) is 0.0777. The molecule has 0 spiro atoms. The highest BCUT2D eigenvalue weighted by molar-refractivity contribution is 9.10. The van der Waals surface area contributed by atoms with E-state index in [-0.39, 0.29) is 5.57 Å². The van der Waals surface area contributed by atoms with Crippen molar-refractivity contribution in [3.63, 3.8) is 0 Å². The number of rotatable bonds is 6. The van der Waals surface area contributed by atoms with Gasteiger partial charge in [0.05, 0.1) is 14.5 Å². The van der Waals surface area contributed by atoms with Crippen LogP contribution in [0.15, 0.2) is 64.6 Å². The average molecular weight is 551 g/mol. The number of ether oxygens (including phenoxy) is 1. The third kappa shape index (κ3) is 6.27. The molecule has 0 bridgehead atoms. The van der Waals surface area contributed by atoms with E-state index >= 15 is 0 Å². The Morgan fingerprint density at radius 3 is 2.50 bits per heavy atom. The van der Waals surface area contributed by atoms with Crippen LogP contribution in [0.4, 0.5) is 5.69 Å². The van der Waals surface area contributed by atoms with E-state index in [2.05, 4.69) is 21.2 Å². The fraction of sp³-hybridized carbons (Fsp3) is 0.0833. The van der Waals surface area contributed by atoms with Crippen LogP contribution in [0.2, 0.25) is 15.1 Å². The third-order valence-electron chi connectivity index (χ3n) is 4.44. The molecule has 0 saturated heterocycles. The average Bonchev–Trinajstić information content (AvgIpc) is 2.76. The molecule has 0 aliphatic rings. The van der Waals surface area contributed by atoms with E-state index < -0.39 is 5.91 Å². The maximum atomic E-state index is 12.5. The van der Waals surface area contributed by atoms with Crippen molar-refractivity contribution in [3.05, 3.63) is 96.4 Å². The van der Waals surface area contributed by atoms with Gasteiger partial charge in [0.25, 0.3) is 5.91 Å². The van der Waals surface area contributed by atoms with Crippen LogP contribution in [-0.4, -0.2) is 5.91 Å². The van der Waals surface area contributed by atoms with E-state index in [0.29, 0.717) is 43.1 Å². The number of amides is 1. The number of nitriles is 1. The van der Waals surface area contributed by atoms with Gasteiger partial charge < -0.3 is 10.1 Å². The zero-order chi connectivity index (χ0) is 23.3. The number of anilines is 1. The topological polar surface area (TPSA) is 62.1 Å². The fourth-order valence-electron chi connectivity index (χ4n) is 2.70. The van der Waals surface area contributed by atoms with E-state index in [4.69, 9.17) is 39.5 Å². The van der Waals surface area contributed by atoms with Crippen LogP contribution >= 0.6 is 50.7 Å². The first-order valence-corrected chi connectivity index (χ1v) is 11.2. The molecular formula is C24H16BrCl3N2O2. The lowest BCUT2D eigenvalue weighted by molar-refractivity contribution is -0.112. The molecule has 32 heavy (non-hydrogen) atoms. The molecule has 0 aliphatic heterocycles. The summed E-state index contributed by atoms with van der Waals surface area (Å²) in [5, 5.41) is 13.6. The summed E-state index contributed by atoms with van der Waals surface area (Å²) in [6.07, 6.45) is 1.50. The first-order chi connectivity index (χ1) is 15.3. The predicted molar refractivity (Wildman–Crippen MR) is 133 cm³/mol. The molecule has 3 aromatic carbocycles. The van der Waals surface area contributed by atoms with Crippen molar-refractivity contribution >= 4 is 68.4 Å². The van der Waals surface area contributed by atoms with E-state index in [1.807, 2.05) is 19.1 Å². The van der Waals surface area contributed by atoms with Gasteiger partial charge in [0.15, 0.2) is 0 Å². The van der Waals surface area contributed by atoms with Gasteiger partial charge in [-0.2, -0.15) is 5.26 Å².